The third kappa shape index (κ3) is 2.80. The maximum atomic E-state index is 13.3. The summed E-state index contributed by atoms with van der Waals surface area (Å²) in [5.41, 5.74) is 4.30. The number of Topliss-reactive ketones (excluding diaryl/α,β-unsaturated/α-hetero) is 1. The van der Waals surface area contributed by atoms with Crippen LogP contribution in [0.4, 0.5) is 0 Å². The molecule has 1 aliphatic carbocycles. The van der Waals surface area contributed by atoms with E-state index in [2.05, 4.69) is 18.2 Å². The van der Waals surface area contributed by atoms with E-state index in [1.54, 1.807) is 0 Å². The average Bonchev–Trinajstić information content (AvgIpc) is 3.28. The molecule has 0 saturated heterocycles. The van der Waals surface area contributed by atoms with Crippen LogP contribution < -0.4 is 9.47 Å². The number of aryl methyl sites for hydroxylation is 1. The van der Waals surface area contributed by atoms with Gasteiger partial charge in [0, 0.05) is 23.3 Å². The maximum absolute atomic E-state index is 13.3. The summed E-state index contributed by atoms with van der Waals surface area (Å²) in [7, 11) is 0. The fourth-order valence-corrected chi connectivity index (χ4v) is 4.17. The zero-order chi connectivity index (χ0) is 18.4. The zero-order valence-corrected chi connectivity index (χ0v) is 15.1. The molecule has 1 fully saturated rings. The van der Waals surface area contributed by atoms with E-state index < -0.39 is 0 Å². The van der Waals surface area contributed by atoms with Gasteiger partial charge in [0.2, 0.25) is 6.79 Å². The van der Waals surface area contributed by atoms with Crippen molar-refractivity contribution in [2.24, 2.45) is 5.92 Å². The molecular formula is C24H20O3. The summed E-state index contributed by atoms with van der Waals surface area (Å²) in [5, 5.41) is 0. The molecule has 1 saturated carbocycles. The summed E-state index contributed by atoms with van der Waals surface area (Å²) >= 11 is 0. The fraction of sp³-hybridized carbons (Fsp3) is 0.208. The number of ketones is 1. The fourth-order valence-electron chi connectivity index (χ4n) is 4.17. The van der Waals surface area contributed by atoms with Crippen LogP contribution >= 0.6 is 0 Å². The van der Waals surface area contributed by atoms with Gasteiger partial charge in [-0.3, -0.25) is 4.79 Å². The van der Waals surface area contributed by atoms with Gasteiger partial charge in [0.1, 0.15) is 0 Å². The number of rotatable bonds is 4. The number of carbonyl (C=O) groups is 1. The molecule has 1 aliphatic heterocycles. The van der Waals surface area contributed by atoms with Crippen molar-refractivity contribution in [2.45, 2.75) is 18.8 Å². The lowest BCUT2D eigenvalue weighted by atomic mass is 10.0. The van der Waals surface area contributed by atoms with Gasteiger partial charge in [0.15, 0.2) is 17.3 Å². The van der Waals surface area contributed by atoms with Crippen molar-refractivity contribution in [1.82, 2.24) is 0 Å². The minimum absolute atomic E-state index is 0.0459. The molecular weight excluding hydrogens is 336 g/mol. The van der Waals surface area contributed by atoms with Gasteiger partial charge < -0.3 is 9.47 Å². The standard InChI is InChI=1S/C24H20O3/c1-15-7-9-17(10-8-15)24(25)23-21(16-5-3-2-4-6-16)22(23)18-11-12-19-20(13-18)27-14-26-19/h2-13,21-23H,14H2,1H3/t21-,22+,23+/m0/s1. The molecule has 0 spiro atoms. The Morgan fingerprint density at radius 1 is 0.815 bits per heavy atom. The normalized spacial score (nSPS) is 22.5. The first kappa shape index (κ1) is 16.1. The Balaban J connectivity index is 1.51. The summed E-state index contributed by atoms with van der Waals surface area (Å²) in [4.78, 5) is 13.3. The van der Waals surface area contributed by atoms with E-state index >= 15 is 0 Å². The number of hydrogen-bond acceptors (Lipinski definition) is 3. The van der Waals surface area contributed by atoms with E-state index in [4.69, 9.17) is 9.47 Å². The molecule has 0 amide bonds. The van der Waals surface area contributed by atoms with E-state index in [0.29, 0.717) is 0 Å². The van der Waals surface area contributed by atoms with Crippen molar-refractivity contribution in [3.63, 3.8) is 0 Å². The molecule has 0 unspecified atom stereocenters. The van der Waals surface area contributed by atoms with E-state index in [-0.39, 0.29) is 30.3 Å². The molecule has 134 valence electrons. The SMILES string of the molecule is Cc1ccc(C(=O)[C@@H]2[C@@H](c3ccccc3)[C@H]2c2ccc3c(c2)OCO3)cc1. The molecule has 0 radical (unpaired) electrons. The van der Waals surface area contributed by atoms with E-state index in [9.17, 15) is 4.79 Å². The molecule has 3 aromatic carbocycles. The van der Waals surface area contributed by atoms with Crippen molar-refractivity contribution in [1.29, 1.82) is 0 Å². The van der Waals surface area contributed by atoms with Crippen LogP contribution in [0.3, 0.4) is 0 Å². The van der Waals surface area contributed by atoms with Crippen molar-refractivity contribution >= 4 is 5.78 Å². The lowest BCUT2D eigenvalue weighted by Crippen LogP contribution is -2.04. The van der Waals surface area contributed by atoms with Crippen molar-refractivity contribution in [3.8, 4) is 11.5 Å². The summed E-state index contributed by atoms with van der Waals surface area (Å²) < 4.78 is 11.0. The van der Waals surface area contributed by atoms with Crippen molar-refractivity contribution in [2.75, 3.05) is 6.79 Å². The third-order valence-electron chi connectivity index (χ3n) is 5.62. The summed E-state index contributed by atoms with van der Waals surface area (Å²) in [6.07, 6.45) is 0. The highest BCUT2D eigenvalue weighted by molar-refractivity contribution is 6.01. The van der Waals surface area contributed by atoms with Gasteiger partial charge in [-0.2, -0.15) is 0 Å². The minimum Gasteiger partial charge on any atom is -0.454 e. The molecule has 1 heterocycles. The van der Waals surface area contributed by atoms with Crippen LogP contribution in [-0.2, 0) is 0 Å². The van der Waals surface area contributed by atoms with E-state index in [0.717, 1.165) is 28.2 Å². The molecule has 3 nitrogen and oxygen atoms in total. The quantitative estimate of drug-likeness (QED) is 0.610. The van der Waals surface area contributed by atoms with E-state index in [1.165, 1.54) is 5.56 Å². The number of benzene rings is 3. The number of carbonyl (C=O) groups excluding carboxylic acids is 1. The molecule has 5 rings (SSSR count). The van der Waals surface area contributed by atoms with Crippen molar-refractivity contribution in [3.05, 3.63) is 95.1 Å². The summed E-state index contributed by atoms with van der Waals surface area (Å²) in [6, 6.07) is 24.3. The lowest BCUT2D eigenvalue weighted by molar-refractivity contribution is 0.0963. The molecule has 0 bridgehead atoms. The van der Waals surface area contributed by atoms with E-state index in [1.807, 2.05) is 61.5 Å². The first-order valence-electron chi connectivity index (χ1n) is 9.28. The Morgan fingerprint density at radius 3 is 2.30 bits per heavy atom. The molecule has 3 aromatic rings. The zero-order valence-electron chi connectivity index (χ0n) is 15.1. The Labute approximate surface area is 158 Å². The smallest absolute Gasteiger partial charge is 0.231 e. The topological polar surface area (TPSA) is 35.5 Å². The highest BCUT2D eigenvalue weighted by atomic mass is 16.7. The van der Waals surface area contributed by atoms with Crippen LogP contribution in [0.25, 0.3) is 0 Å². The number of ether oxygens (including phenoxy) is 2. The second-order valence-corrected chi connectivity index (χ2v) is 7.33. The summed E-state index contributed by atoms with van der Waals surface area (Å²) in [5.74, 6) is 2.07. The van der Waals surface area contributed by atoms with Crippen LogP contribution in [0.15, 0.2) is 72.8 Å². The lowest BCUT2D eigenvalue weighted by Gasteiger charge is -2.03. The Hall–Kier alpha value is -3.07. The van der Waals surface area contributed by atoms with Gasteiger partial charge in [-0.05, 0) is 30.2 Å². The highest BCUT2D eigenvalue weighted by Gasteiger charge is 2.56. The van der Waals surface area contributed by atoms with Gasteiger partial charge in [0.05, 0.1) is 0 Å². The van der Waals surface area contributed by atoms with Crippen molar-refractivity contribution < 1.29 is 14.3 Å². The third-order valence-corrected chi connectivity index (χ3v) is 5.62. The maximum Gasteiger partial charge on any atom is 0.231 e. The van der Waals surface area contributed by atoms with Gasteiger partial charge in [-0.1, -0.05) is 66.2 Å². The Kier molecular flexibility index (Phi) is 3.75. The minimum atomic E-state index is -0.0459. The number of hydrogen-bond donors (Lipinski definition) is 0. The molecule has 3 atom stereocenters. The van der Waals surface area contributed by atoms with Gasteiger partial charge in [-0.25, -0.2) is 0 Å². The van der Waals surface area contributed by atoms with Crippen LogP contribution in [0.5, 0.6) is 11.5 Å². The second-order valence-electron chi connectivity index (χ2n) is 7.33. The highest BCUT2D eigenvalue weighted by Crippen LogP contribution is 2.62. The van der Waals surface area contributed by atoms with Gasteiger partial charge in [-0.15, -0.1) is 0 Å². The van der Waals surface area contributed by atoms with Crippen LogP contribution in [-0.4, -0.2) is 12.6 Å². The monoisotopic (exact) mass is 356 g/mol. The second kappa shape index (κ2) is 6.27. The Bertz CT molecular complexity index is 992. The first-order chi connectivity index (χ1) is 13.2. The molecule has 3 heteroatoms. The Morgan fingerprint density at radius 2 is 1.52 bits per heavy atom. The van der Waals surface area contributed by atoms with Crippen LogP contribution in [0.1, 0.15) is 38.9 Å². The molecule has 0 N–H and O–H groups in total. The van der Waals surface area contributed by atoms with Gasteiger partial charge in [0.25, 0.3) is 0 Å². The number of fused-ring (bicyclic) bond motifs is 1. The van der Waals surface area contributed by atoms with Crippen LogP contribution in [0.2, 0.25) is 0 Å². The van der Waals surface area contributed by atoms with Gasteiger partial charge >= 0.3 is 0 Å². The molecule has 0 aromatic heterocycles. The molecule has 27 heavy (non-hydrogen) atoms. The molecule has 2 aliphatic rings. The predicted octanol–water partition coefficient (Wildman–Crippen LogP) is 5.10. The average molecular weight is 356 g/mol. The largest absolute Gasteiger partial charge is 0.454 e. The predicted molar refractivity (Wildman–Crippen MR) is 103 cm³/mol. The first-order valence-corrected chi connectivity index (χ1v) is 9.28. The summed E-state index contributed by atoms with van der Waals surface area (Å²) in [6.45, 7) is 2.30. The van der Waals surface area contributed by atoms with Crippen LogP contribution in [0, 0.1) is 12.8 Å².